The van der Waals surface area contributed by atoms with Crippen LogP contribution in [0.25, 0.3) is 0 Å². The SMILES string of the molecule is CCCNC(c1cncn1C)C(CC)CC. The monoisotopic (exact) mass is 223 g/mol. The van der Waals surface area contributed by atoms with Crippen LogP contribution in [0, 0.1) is 5.92 Å². The molecule has 0 aliphatic heterocycles. The first-order valence-corrected chi connectivity index (χ1v) is 6.44. The summed E-state index contributed by atoms with van der Waals surface area (Å²) in [6, 6.07) is 0.447. The fourth-order valence-electron chi connectivity index (χ4n) is 2.24. The second-order valence-electron chi connectivity index (χ2n) is 4.44. The van der Waals surface area contributed by atoms with Crippen molar-refractivity contribution in [3.05, 3.63) is 18.2 Å². The van der Waals surface area contributed by atoms with Crippen LogP contribution in [0.3, 0.4) is 0 Å². The highest BCUT2D eigenvalue weighted by Gasteiger charge is 2.21. The van der Waals surface area contributed by atoms with E-state index >= 15 is 0 Å². The molecule has 0 amide bonds. The van der Waals surface area contributed by atoms with Crippen molar-refractivity contribution in [2.24, 2.45) is 13.0 Å². The highest BCUT2D eigenvalue weighted by molar-refractivity contribution is 5.06. The van der Waals surface area contributed by atoms with E-state index in [1.54, 1.807) is 0 Å². The molecule has 1 aromatic heterocycles. The van der Waals surface area contributed by atoms with Gasteiger partial charge in [0, 0.05) is 13.2 Å². The summed E-state index contributed by atoms with van der Waals surface area (Å²) in [4.78, 5) is 4.22. The topological polar surface area (TPSA) is 29.9 Å². The first-order valence-electron chi connectivity index (χ1n) is 6.44. The molecule has 0 saturated carbocycles. The Morgan fingerprint density at radius 3 is 2.44 bits per heavy atom. The Kier molecular flexibility index (Phi) is 5.53. The van der Waals surface area contributed by atoms with E-state index in [-0.39, 0.29) is 0 Å². The number of rotatable bonds is 7. The van der Waals surface area contributed by atoms with Gasteiger partial charge < -0.3 is 9.88 Å². The molecule has 0 aliphatic rings. The fourth-order valence-corrected chi connectivity index (χ4v) is 2.24. The molecule has 1 aromatic rings. The highest BCUT2D eigenvalue weighted by Crippen LogP contribution is 2.26. The lowest BCUT2D eigenvalue weighted by atomic mass is 9.92. The number of nitrogens with zero attached hydrogens (tertiary/aromatic N) is 2. The predicted octanol–water partition coefficient (Wildman–Crippen LogP) is 2.90. The Bertz CT molecular complexity index is 289. The lowest BCUT2D eigenvalue weighted by Gasteiger charge is -2.26. The van der Waals surface area contributed by atoms with Gasteiger partial charge >= 0.3 is 0 Å². The summed E-state index contributed by atoms with van der Waals surface area (Å²) in [5.41, 5.74) is 1.31. The van der Waals surface area contributed by atoms with Crippen molar-refractivity contribution < 1.29 is 0 Å². The Morgan fingerprint density at radius 1 is 1.31 bits per heavy atom. The number of imidazole rings is 1. The maximum absolute atomic E-state index is 4.22. The minimum absolute atomic E-state index is 0.447. The van der Waals surface area contributed by atoms with Gasteiger partial charge in [0.25, 0.3) is 0 Å². The maximum atomic E-state index is 4.22. The average molecular weight is 223 g/mol. The number of aromatic nitrogens is 2. The lowest BCUT2D eigenvalue weighted by Crippen LogP contribution is -2.30. The van der Waals surface area contributed by atoms with E-state index in [2.05, 4.69) is 42.7 Å². The van der Waals surface area contributed by atoms with Crippen molar-refractivity contribution in [1.82, 2.24) is 14.9 Å². The molecular weight excluding hydrogens is 198 g/mol. The number of aryl methyl sites for hydroxylation is 1. The first-order chi connectivity index (χ1) is 7.74. The van der Waals surface area contributed by atoms with E-state index in [0.717, 1.165) is 6.54 Å². The van der Waals surface area contributed by atoms with Gasteiger partial charge in [-0.1, -0.05) is 33.6 Å². The van der Waals surface area contributed by atoms with Crippen molar-refractivity contribution in [3.63, 3.8) is 0 Å². The van der Waals surface area contributed by atoms with E-state index in [4.69, 9.17) is 0 Å². The molecule has 1 heterocycles. The molecule has 3 nitrogen and oxygen atoms in total. The Labute approximate surface area is 99.3 Å². The molecule has 1 N–H and O–H groups in total. The normalized spacial score (nSPS) is 13.3. The summed E-state index contributed by atoms with van der Waals surface area (Å²) in [6.07, 6.45) is 7.48. The van der Waals surface area contributed by atoms with Crippen molar-refractivity contribution in [2.45, 2.75) is 46.1 Å². The molecule has 0 radical (unpaired) electrons. The number of hydrogen-bond donors (Lipinski definition) is 1. The average Bonchev–Trinajstić information content (AvgIpc) is 2.71. The van der Waals surface area contributed by atoms with Gasteiger partial charge in [-0.2, -0.15) is 0 Å². The molecule has 0 saturated heterocycles. The van der Waals surface area contributed by atoms with Crippen LogP contribution < -0.4 is 5.32 Å². The third-order valence-corrected chi connectivity index (χ3v) is 3.31. The minimum atomic E-state index is 0.447. The summed E-state index contributed by atoms with van der Waals surface area (Å²) in [7, 11) is 2.07. The smallest absolute Gasteiger partial charge is 0.0946 e. The van der Waals surface area contributed by atoms with Crippen LogP contribution in [0.15, 0.2) is 12.5 Å². The predicted molar refractivity (Wildman–Crippen MR) is 68.3 cm³/mol. The van der Waals surface area contributed by atoms with E-state index in [1.165, 1.54) is 25.0 Å². The van der Waals surface area contributed by atoms with Gasteiger partial charge in [0.1, 0.15) is 0 Å². The molecule has 0 fully saturated rings. The molecule has 16 heavy (non-hydrogen) atoms. The van der Waals surface area contributed by atoms with Gasteiger partial charge in [-0.15, -0.1) is 0 Å². The Balaban J connectivity index is 2.82. The van der Waals surface area contributed by atoms with E-state index < -0.39 is 0 Å². The van der Waals surface area contributed by atoms with Crippen LogP contribution in [-0.4, -0.2) is 16.1 Å². The molecular formula is C13H25N3. The molecule has 1 unspecified atom stereocenters. The van der Waals surface area contributed by atoms with Gasteiger partial charge in [-0.25, -0.2) is 4.98 Å². The molecule has 0 bridgehead atoms. The second-order valence-corrected chi connectivity index (χ2v) is 4.44. The lowest BCUT2D eigenvalue weighted by molar-refractivity contribution is 0.330. The summed E-state index contributed by atoms with van der Waals surface area (Å²) in [6.45, 7) is 7.82. The quantitative estimate of drug-likeness (QED) is 0.770. The van der Waals surface area contributed by atoms with Crippen LogP contribution in [0.1, 0.15) is 51.8 Å². The van der Waals surface area contributed by atoms with Crippen LogP contribution in [0.2, 0.25) is 0 Å². The largest absolute Gasteiger partial charge is 0.336 e. The van der Waals surface area contributed by atoms with Crippen molar-refractivity contribution in [3.8, 4) is 0 Å². The number of hydrogen-bond acceptors (Lipinski definition) is 2. The van der Waals surface area contributed by atoms with Gasteiger partial charge in [0.15, 0.2) is 0 Å². The third kappa shape index (κ3) is 3.08. The molecule has 1 rings (SSSR count). The van der Waals surface area contributed by atoms with Crippen LogP contribution in [0.4, 0.5) is 0 Å². The summed E-state index contributed by atoms with van der Waals surface area (Å²) in [5, 5.41) is 3.65. The van der Waals surface area contributed by atoms with Gasteiger partial charge in [0.05, 0.1) is 18.1 Å². The van der Waals surface area contributed by atoms with Crippen molar-refractivity contribution in [1.29, 1.82) is 0 Å². The summed E-state index contributed by atoms with van der Waals surface area (Å²) < 4.78 is 2.13. The second kappa shape index (κ2) is 6.69. The molecule has 1 atom stereocenters. The fraction of sp³-hybridized carbons (Fsp3) is 0.769. The zero-order chi connectivity index (χ0) is 12.0. The zero-order valence-electron chi connectivity index (χ0n) is 11.0. The molecule has 0 aliphatic carbocycles. The molecule has 92 valence electrons. The van der Waals surface area contributed by atoms with Crippen molar-refractivity contribution in [2.75, 3.05) is 6.54 Å². The zero-order valence-corrected chi connectivity index (χ0v) is 11.0. The van der Waals surface area contributed by atoms with Gasteiger partial charge in [-0.05, 0) is 18.9 Å². The van der Waals surface area contributed by atoms with E-state index in [0.29, 0.717) is 12.0 Å². The Hall–Kier alpha value is -0.830. The van der Waals surface area contributed by atoms with Crippen LogP contribution in [-0.2, 0) is 7.05 Å². The first kappa shape index (κ1) is 13.2. The molecule has 3 heteroatoms. The van der Waals surface area contributed by atoms with E-state index in [1.807, 2.05) is 12.5 Å². The molecule has 0 aromatic carbocycles. The van der Waals surface area contributed by atoms with Gasteiger partial charge in [-0.3, -0.25) is 0 Å². The summed E-state index contributed by atoms with van der Waals surface area (Å²) >= 11 is 0. The Morgan fingerprint density at radius 2 is 2.00 bits per heavy atom. The van der Waals surface area contributed by atoms with Crippen LogP contribution in [0.5, 0.6) is 0 Å². The maximum Gasteiger partial charge on any atom is 0.0946 e. The number of nitrogens with one attached hydrogen (secondary N) is 1. The minimum Gasteiger partial charge on any atom is -0.336 e. The molecule has 0 spiro atoms. The standard InChI is InChI=1S/C13H25N3/c1-5-8-15-13(11(6-2)7-3)12-9-14-10-16(12)4/h9-11,13,15H,5-8H2,1-4H3. The third-order valence-electron chi connectivity index (χ3n) is 3.31. The highest BCUT2D eigenvalue weighted by atomic mass is 15.1. The van der Waals surface area contributed by atoms with Crippen molar-refractivity contribution >= 4 is 0 Å². The van der Waals surface area contributed by atoms with E-state index in [9.17, 15) is 0 Å². The van der Waals surface area contributed by atoms with Gasteiger partial charge in [0.2, 0.25) is 0 Å². The summed E-state index contributed by atoms with van der Waals surface area (Å²) in [5.74, 6) is 0.696. The van der Waals surface area contributed by atoms with Crippen LogP contribution >= 0.6 is 0 Å².